The Hall–Kier alpha value is -1.82. The molecule has 21 heavy (non-hydrogen) atoms. The van der Waals surface area contributed by atoms with Gasteiger partial charge in [0, 0.05) is 11.8 Å². The summed E-state index contributed by atoms with van der Waals surface area (Å²) in [5.74, 6) is 4.10. The van der Waals surface area contributed by atoms with Crippen molar-refractivity contribution in [1.82, 2.24) is 4.98 Å². The molecule has 0 bridgehead atoms. The van der Waals surface area contributed by atoms with Gasteiger partial charge in [0.1, 0.15) is 11.5 Å². The fourth-order valence-corrected chi connectivity index (χ4v) is 2.70. The van der Waals surface area contributed by atoms with E-state index >= 15 is 0 Å². The highest BCUT2D eigenvalue weighted by Gasteiger charge is 2.13. The Balaban J connectivity index is 1.40. The molecule has 1 aromatic heterocycles. The van der Waals surface area contributed by atoms with Crippen molar-refractivity contribution in [1.29, 1.82) is 0 Å². The van der Waals surface area contributed by atoms with E-state index in [2.05, 4.69) is 4.98 Å². The number of fused-ring (bicyclic) bond motifs is 1. The summed E-state index contributed by atoms with van der Waals surface area (Å²) in [6.45, 7) is 4.80. The van der Waals surface area contributed by atoms with Gasteiger partial charge in [-0.25, -0.2) is 4.98 Å². The van der Waals surface area contributed by atoms with E-state index in [1.54, 1.807) is 11.8 Å². The summed E-state index contributed by atoms with van der Waals surface area (Å²) in [7, 11) is 0. The van der Waals surface area contributed by atoms with Crippen molar-refractivity contribution >= 4 is 11.8 Å². The summed E-state index contributed by atoms with van der Waals surface area (Å²) in [6.07, 6.45) is 0.916. The van der Waals surface area contributed by atoms with Crippen LogP contribution in [0.4, 0.5) is 0 Å². The molecule has 112 valence electrons. The number of aryl methyl sites for hydroxylation is 2. The first-order valence-electron chi connectivity index (χ1n) is 6.81. The minimum absolute atomic E-state index is 0.282. The van der Waals surface area contributed by atoms with Crippen molar-refractivity contribution < 1.29 is 18.6 Å². The van der Waals surface area contributed by atoms with Crippen molar-refractivity contribution in [2.75, 3.05) is 19.2 Å². The molecule has 1 aliphatic rings. The molecule has 6 heteroatoms. The predicted octanol–water partition coefficient (Wildman–Crippen LogP) is 3.58. The third kappa shape index (κ3) is 3.44. The van der Waals surface area contributed by atoms with Crippen molar-refractivity contribution in [3.63, 3.8) is 0 Å². The maximum Gasteiger partial charge on any atom is 0.256 e. The van der Waals surface area contributed by atoms with Gasteiger partial charge in [-0.1, -0.05) is 11.8 Å². The number of benzene rings is 1. The average molecular weight is 307 g/mol. The highest BCUT2D eigenvalue weighted by atomic mass is 32.2. The molecule has 0 radical (unpaired) electrons. The smallest absolute Gasteiger partial charge is 0.256 e. The molecule has 0 saturated heterocycles. The fourth-order valence-electron chi connectivity index (χ4n) is 1.88. The lowest BCUT2D eigenvalue weighted by molar-refractivity contribution is 0.173. The summed E-state index contributed by atoms with van der Waals surface area (Å²) in [5.41, 5.74) is 0.953. The van der Waals surface area contributed by atoms with E-state index in [1.807, 2.05) is 32.0 Å². The highest BCUT2D eigenvalue weighted by molar-refractivity contribution is 7.99. The highest BCUT2D eigenvalue weighted by Crippen LogP contribution is 2.35. The summed E-state index contributed by atoms with van der Waals surface area (Å²) >= 11 is 1.61. The van der Waals surface area contributed by atoms with E-state index in [1.165, 1.54) is 0 Å². The van der Waals surface area contributed by atoms with E-state index in [9.17, 15) is 0 Å². The molecule has 5 nitrogen and oxygen atoms in total. The van der Waals surface area contributed by atoms with Crippen LogP contribution in [0.15, 0.2) is 27.8 Å². The summed E-state index contributed by atoms with van der Waals surface area (Å²) in [6, 6.07) is 5.61. The average Bonchev–Trinajstić information content (AvgIpc) is 3.05. The molecule has 0 amide bonds. The van der Waals surface area contributed by atoms with Crippen molar-refractivity contribution in [3.05, 3.63) is 29.7 Å². The first-order valence-corrected chi connectivity index (χ1v) is 7.80. The van der Waals surface area contributed by atoms with Crippen LogP contribution in [0.1, 0.15) is 17.9 Å². The molecule has 3 rings (SSSR count). The molecule has 0 aliphatic carbocycles. The lowest BCUT2D eigenvalue weighted by Gasteiger charge is -2.06. The number of aromatic nitrogens is 1. The second kappa shape index (κ2) is 6.30. The van der Waals surface area contributed by atoms with Crippen LogP contribution in [0.3, 0.4) is 0 Å². The van der Waals surface area contributed by atoms with Crippen LogP contribution >= 0.6 is 11.8 Å². The zero-order valence-corrected chi connectivity index (χ0v) is 12.9. The number of hydrogen-bond donors (Lipinski definition) is 0. The Kier molecular flexibility index (Phi) is 4.24. The van der Waals surface area contributed by atoms with E-state index in [4.69, 9.17) is 18.6 Å². The third-order valence-corrected chi connectivity index (χ3v) is 4.05. The fraction of sp³-hybridized carbons (Fsp3) is 0.400. The zero-order chi connectivity index (χ0) is 14.7. The van der Waals surface area contributed by atoms with Gasteiger partial charge in [-0.2, -0.15) is 0 Å². The van der Waals surface area contributed by atoms with Gasteiger partial charge >= 0.3 is 0 Å². The van der Waals surface area contributed by atoms with Crippen LogP contribution in [-0.4, -0.2) is 24.1 Å². The van der Waals surface area contributed by atoms with Crippen LogP contribution in [0.25, 0.3) is 0 Å². The first kappa shape index (κ1) is 14.1. The summed E-state index contributed by atoms with van der Waals surface area (Å²) < 4.78 is 21.8. The van der Waals surface area contributed by atoms with Gasteiger partial charge in [0.2, 0.25) is 6.79 Å². The quantitative estimate of drug-likeness (QED) is 0.600. The molecule has 0 unspecified atom stereocenters. The molecule has 0 saturated carbocycles. The predicted molar refractivity (Wildman–Crippen MR) is 79.4 cm³/mol. The first-order chi connectivity index (χ1) is 10.2. The minimum atomic E-state index is 0.282. The van der Waals surface area contributed by atoms with Gasteiger partial charge in [0.15, 0.2) is 11.5 Å². The monoisotopic (exact) mass is 307 g/mol. The van der Waals surface area contributed by atoms with Crippen LogP contribution < -0.4 is 14.2 Å². The van der Waals surface area contributed by atoms with Crippen LogP contribution in [0, 0.1) is 13.8 Å². The Morgan fingerprint density at radius 2 is 2.10 bits per heavy atom. The Labute approximate surface area is 127 Å². The summed E-state index contributed by atoms with van der Waals surface area (Å²) in [4.78, 5) is 4.33. The normalized spacial score (nSPS) is 12.7. The standard InChI is InChI=1S/C15H17NO4S/c1-10-11(2)20-15(16-10)21-7-3-6-17-12-4-5-13-14(8-12)19-9-18-13/h4-5,8H,3,6-7,9H2,1-2H3. The third-order valence-electron chi connectivity index (χ3n) is 3.14. The zero-order valence-electron chi connectivity index (χ0n) is 12.0. The molecule has 1 aromatic carbocycles. The van der Waals surface area contributed by atoms with Gasteiger partial charge in [-0.3, -0.25) is 0 Å². The lowest BCUT2D eigenvalue weighted by Crippen LogP contribution is -1.98. The molecule has 0 N–H and O–H groups in total. The van der Waals surface area contributed by atoms with Crippen LogP contribution in [-0.2, 0) is 0 Å². The van der Waals surface area contributed by atoms with Crippen molar-refractivity contribution in [2.24, 2.45) is 0 Å². The van der Waals surface area contributed by atoms with E-state index in [0.717, 1.165) is 46.1 Å². The molecule has 0 fully saturated rings. The lowest BCUT2D eigenvalue weighted by atomic mass is 10.3. The number of nitrogens with zero attached hydrogens (tertiary/aromatic N) is 1. The number of thioether (sulfide) groups is 1. The Morgan fingerprint density at radius 3 is 2.90 bits per heavy atom. The van der Waals surface area contributed by atoms with Crippen molar-refractivity contribution in [3.8, 4) is 17.2 Å². The molecular formula is C15H17NO4S. The van der Waals surface area contributed by atoms with E-state index in [0.29, 0.717) is 6.61 Å². The molecule has 0 atom stereocenters. The molecule has 2 heterocycles. The number of oxazole rings is 1. The van der Waals surface area contributed by atoms with E-state index in [-0.39, 0.29) is 6.79 Å². The maximum absolute atomic E-state index is 5.70. The second-order valence-corrected chi connectivity index (χ2v) is 5.73. The largest absolute Gasteiger partial charge is 0.493 e. The van der Waals surface area contributed by atoms with Crippen LogP contribution in [0.2, 0.25) is 0 Å². The second-order valence-electron chi connectivity index (χ2n) is 4.69. The number of rotatable bonds is 6. The maximum atomic E-state index is 5.70. The topological polar surface area (TPSA) is 53.7 Å². The molecule has 1 aliphatic heterocycles. The number of hydrogen-bond acceptors (Lipinski definition) is 6. The molecular weight excluding hydrogens is 290 g/mol. The summed E-state index contributed by atoms with van der Waals surface area (Å²) in [5, 5.41) is 0.730. The number of ether oxygens (including phenoxy) is 3. The van der Waals surface area contributed by atoms with Gasteiger partial charge in [-0.15, -0.1) is 0 Å². The SMILES string of the molecule is Cc1nc(SCCCOc2ccc3c(c2)OCO3)oc1C. The van der Waals surface area contributed by atoms with Gasteiger partial charge in [0.05, 0.1) is 12.3 Å². The van der Waals surface area contributed by atoms with Gasteiger partial charge in [-0.05, 0) is 32.4 Å². The van der Waals surface area contributed by atoms with Crippen molar-refractivity contribution in [2.45, 2.75) is 25.5 Å². The molecule has 0 spiro atoms. The Bertz CT molecular complexity index is 607. The minimum Gasteiger partial charge on any atom is -0.493 e. The van der Waals surface area contributed by atoms with Gasteiger partial charge < -0.3 is 18.6 Å². The molecule has 2 aromatic rings. The van der Waals surface area contributed by atoms with Gasteiger partial charge in [0.25, 0.3) is 5.22 Å². The Morgan fingerprint density at radius 1 is 1.24 bits per heavy atom. The van der Waals surface area contributed by atoms with E-state index < -0.39 is 0 Å². The van der Waals surface area contributed by atoms with Crippen LogP contribution in [0.5, 0.6) is 17.2 Å².